The number of aliphatic hydroxyl groups is 1. The molecule has 0 amide bonds. The maximum Gasteiger partial charge on any atom is 0.306 e. The fourth-order valence-corrected chi connectivity index (χ4v) is 2.60. The molecular weight excluding hydrogens is 292 g/mol. The van der Waals surface area contributed by atoms with Crippen LogP contribution >= 0.6 is 0 Å². The molecule has 1 unspecified atom stereocenters. The predicted molar refractivity (Wildman–Crippen MR) is 92.4 cm³/mol. The molecule has 1 rings (SSSR count). The van der Waals surface area contributed by atoms with Gasteiger partial charge in [-0.05, 0) is 25.7 Å². The third-order valence-corrected chi connectivity index (χ3v) is 4.25. The van der Waals surface area contributed by atoms with Gasteiger partial charge in [-0.15, -0.1) is 0 Å². The number of carbonyl (C=O) groups is 1. The maximum atomic E-state index is 10.7. The van der Waals surface area contributed by atoms with E-state index in [1.165, 1.54) is 0 Å². The first-order valence-corrected chi connectivity index (χ1v) is 8.94. The quantitative estimate of drug-likeness (QED) is 0.304. The number of unbranched alkanes of at least 4 members (excludes halogenated alkanes) is 3. The van der Waals surface area contributed by atoms with Crippen LogP contribution < -0.4 is 0 Å². The number of carboxylic acid groups (broad SMARTS) is 1. The van der Waals surface area contributed by atoms with Crippen LogP contribution in [0.5, 0.6) is 0 Å². The van der Waals surface area contributed by atoms with Gasteiger partial charge in [0, 0.05) is 0 Å². The Labute approximate surface area is 140 Å². The molecule has 0 aromatic carbocycles. The van der Waals surface area contributed by atoms with Crippen LogP contribution in [0.25, 0.3) is 0 Å². The van der Waals surface area contributed by atoms with Gasteiger partial charge in [-0.2, -0.15) is 0 Å². The van der Waals surface area contributed by atoms with Crippen molar-refractivity contribution in [2.75, 3.05) is 0 Å². The van der Waals surface area contributed by atoms with Gasteiger partial charge < -0.3 is 14.9 Å². The Morgan fingerprint density at radius 1 is 1.13 bits per heavy atom. The van der Waals surface area contributed by atoms with E-state index in [2.05, 4.69) is 25.2 Å². The molecular formula is C19H32O4. The van der Waals surface area contributed by atoms with Crippen molar-refractivity contribution in [3.63, 3.8) is 0 Å². The number of hydrogen-bond donors (Lipinski definition) is 2. The summed E-state index contributed by atoms with van der Waals surface area (Å²) < 4.78 is 5.50. The molecule has 1 aliphatic heterocycles. The molecule has 4 nitrogen and oxygen atoms in total. The molecule has 1 heterocycles. The SMILES string of the molecule is CC/C=C\C/C=C\[C@@H]1O[C@H]1[C@@H](O)CCCCCCC(C)C(=O)O. The largest absolute Gasteiger partial charge is 0.481 e. The summed E-state index contributed by atoms with van der Waals surface area (Å²) in [4.78, 5) is 10.7. The fourth-order valence-electron chi connectivity index (χ4n) is 2.60. The first-order valence-electron chi connectivity index (χ1n) is 8.94. The highest BCUT2D eigenvalue weighted by Crippen LogP contribution is 2.29. The van der Waals surface area contributed by atoms with Crippen molar-refractivity contribution < 1.29 is 19.7 Å². The van der Waals surface area contributed by atoms with E-state index in [1.54, 1.807) is 6.92 Å². The average molecular weight is 324 g/mol. The minimum absolute atomic E-state index is 0.0339. The van der Waals surface area contributed by atoms with Gasteiger partial charge in [-0.25, -0.2) is 0 Å². The molecule has 0 aliphatic carbocycles. The molecule has 1 saturated heterocycles. The van der Waals surface area contributed by atoms with E-state index in [4.69, 9.17) is 9.84 Å². The maximum absolute atomic E-state index is 10.7. The summed E-state index contributed by atoms with van der Waals surface area (Å²) in [7, 11) is 0. The fraction of sp³-hybridized carbons (Fsp3) is 0.737. The van der Waals surface area contributed by atoms with Crippen LogP contribution in [0.15, 0.2) is 24.3 Å². The molecule has 0 saturated carbocycles. The van der Waals surface area contributed by atoms with E-state index in [1.807, 2.05) is 6.08 Å². The topological polar surface area (TPSA) is 70.1 Å². The molecule has 1 fully saturated rings. The van der Waals surface area contributed by atoms with E-state index >= 15 is 0 Å². The predicted octanol–water partition coefficient (Wildman–Crippen LogP) is 4.09. The summed E-state index contributed by atoms with van der Waals surface area (Å²) in [6.07, 6.45) is 15.5. The Hall–Kier alpha value is -1.13. The summed E-state index contributed by atoms with van der Waals surface area (Å²) in [6, 6.07) is 0. The Kier molecular flexibility index (Phi) is 9.88. The molecule has 2 N–H and O–H groups in total. The van der Waals surface area contributed by atoms with Crippen molar-refractivity contribution in [2.24, 2.45) is 5.92 Å². The number of ether oxygens (including phenoxy) is 1. The lowest BCUT2D eigenvalue weighted by atomic mass is 10.0. The highest BCUT2D eigenvalue weighted by atomic mass is 16.6. The van der Waals surface area contributed by atoms with Crippen molar-refractivity contribution in [1.82, 2.24) is 0 Å². The second kappa shape index (κ2) is 11.4. The van der Waals surface area contributed by atoms with Gasteiger partial charge in [0.15, 0.2) is 0 Å². The summed E-state index contributed by atoms with van der Waals surface area (Å²) in [5.41, 5.74) is 0. The smallest absolute Gasteiger partial charge is 0.306 e. The number of rotatable bonds is 13. The molecule has 4 heteroatoms. The lowest BCUT2D eigenvalue weighted by Crippen LogP contribution is -2.16. The molecule has 4 atom stereocenters. The van der Waals surface area contributed by atoms with Gasteiger partial charge >= 0.3 is 5.97 Å². The van der Waals surface area contributed by atoms with Crippen molar-refractivity contribution >= 4 is 5.97 Å². The van der Waals surface area contributed by atoms with Crippen molar-refractivity contribution in [3.8, 4) is 0 Å². The lowest BCUT2D eigenvalue weighted by Gasteiger charge is -2.08. The molecule has 0 spiro atoms. The van der Waals surface area contributed by atoms with Crippen LogP contribution in [0.2, 0.25) is 0 Å². The van der Waals surface area contributed by atoms with Gasteiger partial charge in [0.2, 0.25) is 0 Å². The van der Waals surface area contributed by atoms with Crippen molar-refractivity contribution in [1.29, 1.82) is 0 Å². The molecule has 0 bridgehead atoms. The minimum Gasteiger partial charge on any atom is -0.481 e. The van der Waals surface area contributed by atoms with Gasteiger partial charge in [-0.1, -0.05) is 63.8 Å². The van der Waals surface area contributed by atoms with Gasteiger partial charge in [-0.3, -0.25) is 4.79 Å². The number of hydrogen-bond acceptors (Lipinski definition) is 3. The van der Waals surface area contributed by atoms with Crippen molar-refractivity contribution in [3.05, 3.63) is 24.3 Å². The molecule has 0 aromatic rings. The second-order valence-electron chi connectivity index (χ2n) is 6.41. The Morgan fingerprint density at radius 3 is 2.48 bits per heavy atom. The monoisotopic (exact) mass is 324 g/mol. The number of carboxylic acids is 1. The second-order valence-corrected chi connectivity index (χ2v) is 6.41. The van der Waals surface area contributed by atoms with Crippen LogP contribution in [0, 0.1) is 5.92 Å². The van der Waals surface area contributed by atoms with E-state index < -0.39 is 5.97 Å². The molecule has 0 radical (unpaired) electrons. The average Bonchev–Trinajstić information content (AvgIpc) is 3.29. The summed E-state index contributed by atoms with van der Waals surface area (Å²) in [6.45, 7) is 3.87. The Bertz CT molecular complexity index is 389. The van der Waals surface area contributed by atoms with Gasteiger partial charge in [0.25, 0.3) is 0 Å². The zero-order valence-electron chi connectivity index (χ0n) is 14.5. The minimum atomic E-state index is -0.712. The van der Waals surface area contributed by atoms with E-state index in [0.29, 0.717) is 0 Å². The lowest BCUT2D eigenvalue weighted by molar-refractivity contribution is -0.141. The van der Waals surface area contributed by atoms with Crippen molar-refractivity contribution in [2.45, 2.75) is 83.5 Å². The first kappa shape index (κ1) is 19.9. The number of epoxide rings is 1. The summed E-state index contributed by atoms with van der Waals surface area (Å²) in [5.74, 6) is -0.962. The molecule has 23 heavy (non-hydrogen) atoms. The molecule has 0 aromatic heterocycles. The zero-order chi connectivity index (χ0) is 17.1. The normalized spacial score (nSPS) is 23.4. The van der Waals surface area contributed by atoms with E-state index in [9.17, 15) is 9.90 Å². The summed E-state index contributed by atoms with van der Waals surface area (Å²) >= 11 is 0. The molecule has 1 aliphatic rings. The summed E-state index contributed by atoms with van der Waals surface area (Å²) in [5, 5.41) is 18.9. The van der Waals surface area contributed by atoms with Crippen LogP contribution in [-0.4, -0.2) is 34.5 Å². The zero-order valence-corrected chi connectivity index (χ0v) is 14.5. The third kappa shape index (κ3) is 8.92. The number of allylic oxidation sites excluding steroid dienone is 3. The van der Waals surface area contributed by atoms with Crippen LogP contribution in [0.4, 0.5) is 0 Å². The van der Waals surface area contributed by atoms with Crippen LogP contribution in [0.3, 0.4) is 0 Å². The van der Waals surface area contributed by atoms with Gasteiger partial charge in [0.05, 0.1) is 12.0 Å². The van der Waals surface area contributed by atoms with E-state index in [-0.39, 0.29) is 24.2 Å². The highest BCUT2D eigenvalue weighted by molar-refractivity contribution is 5.69. The third-order valence-electron chi connectivity index (χ3n) is 4.25. The number of aliphatic hydroxyl groups excluding tert-OH is 1. The van der Waals surface area contributed by atoms with Crippen LogP contribution in [0.1, 0.15) is 65.2 Å². The highest BCUT2D eigenvalue weighted by Gasteiger charge is 2.41. The Morgan fingerprint density at radius 2 is 1.83 bits per heavy atom. The number of aliphatic carboxylic acids is 1. The molecule has 132 valence electrons. The Balaban J connectivity index is 2.00. The van der Waals surface area contributed by atoms with Crippen LogP contribution in [-0.2, 0) is 9.53 Å². The first-order chi connectivity index (χ1) is 11.1. The standard InChI is InChI=1S/C19H32O4/c1-3-4-5-6-11-14-17-18(23-17)16(20)13-10-8-7-9-12-15(2)19(21)22/h4-5,11,14-18,20H,3,6-10,12-13H2,1-2H3,(H,21,22)/b5-4-,14-11-/t15?,16-,17-,18-/m0/s1. The van der Waals surface area contributed by atoms with E-state index in [0.717, 1.165) is 51.4 Å². The van der Waals surface area contributed by atoms with Gasteiger partial charge in [0.1, 0.15) is 12.2 Å².